The molecule has 2 aromatic heterocycles. The predicted molar refractivity (Wildman–Crippen MR) is 54.5 cm³/mol. The Morgan fingerprint density at radius 3 is 2.85 bits per heavy atom. The molecule has 0 aromatic carbocycles. The van der Waals surface area contributed by atoms with Crippen molar-refractivity contribution in [3.05, 3.63) is 29.1 Å². The lowest BCUT2D eigenvalue weighted by Crippen LogP contribution is -1.80. The molecule has 2 heterocycles. The molecule has 0 amide bonds. The number of alkyl halides is 1. The van der Waals surface area contributed by atoms with Crippen molar-refractivity contribution in [3.63, 3.8) is 0 Å². The summed E-state index contributed by atoms with van der Waals surface area (Å²) in [6.07, 6.45) is 3.02. The second-order valence-corrected chi connectivity index (χ2v) is 3.65. The summed E-state index contributed by atoms with van der Waals surface area (Å²) in [7, 11) is 0. The summed E-state index contributed by atoms with van der Waals surface area (Å²) in [6, 6.07) is 1.83. The van der Waals surface area contributed by atoms with Gasteiger partial charge >= 0.3 is 0 Å². The highest BCUT2D eigenvalue weighted by Gasteiger charge is 2.14. The molecule has 68 valence electrons. The molecule has 2 aromatic rings. The molecule has 0 unspecified atom stereocenters. The van der Waals surface area contributed by atoms with E-state index in [-0.39, 0.29) is 0 Å². The summed E-state index contributed by atoms with van der Waals surface area (Å²) >= 11 is 6.61. The van der Waals surface area contributed by atoms with Gasteiger partial charge in [-0.3, -0.25) is 0 Å². The van der Waals surface area contributed by atoms with Gasteiger partial charge < -0.3 is 8.83 Å². The molecule has 5 heteroatoms. The average molecular weight is 307 g/mol. The molecule has 0 aliphatic heterocycles. The van der Waals surface area contributed by atoms with E-state index in [2.05, 4.69) is 36.8 Å². The fraction of sp³-hybridized carbons (Fsp3) is 0.125. The van der Waals surface area contributed by atoms with Crippen LogP contribution in [0.15, 0.2) is 32.2 Å². The van der Waals surface area contributed by atoms with Crippen LogP contribution in [0, 0.1) is 0 Å². The van der Waals surface area contributed by atoms with Gasteiger partial charge in [0.2, 0.25) is 0 Å². The number of furan rings is 1. The number of hydrogen-bond donors (Lipinski definition) is 0. The maximum Gasteiger partial charge on any atom is 0.181 e. The van der Waals surface area contributed by atoms with E-state index in [1.54, 1.807) is 6.26 Å². The molecule has 0 saturated carbocycles. The minimum Gasteiger partial charge on any atom is -0.457 e. The van der Waals surface area contributed by atoms with Crippen LogP contribution in [0.25, 0.3) is 11.3 Å². The van der Waals surface area contributed by atoms with Gasteiger partial charge in [0.15, 0.2) is 16.8 Å². The zero-order valence-corrected chi connectivity index (χ0v) is 9.63. The first kappa shape index (κ1) is 9.02. The highest BCUT2D eigenvalue weighted by atomic mass is 79.9. The van der Waals surface area contributed by atoms with Gasteiger partial charge in [-0.05, 0) is 22.0 Å². The molecular weight excluding hydrogens is 302 g/mol. The molecule has 2 rings (SSSR count). The van der Waals surface area contributed by atoms with E-state index < -0.39 is 0 Å². The lowest BCUT2D eigenvalue weighted by atomic mass is 10.2. The topological polar surface area (TPSA) is 39.2 Å². The largest absolute Gasteiger partial charge is 0.457 e. The van der Waals surface area contributed by atoms with E-state index in [4.69, 9.17) is 8.83 Å². The molecule has 0 bridgehead atoms. The smallest absolute Gasteiger partial charge is 0.181 e. The lowest BCUT2D eigenvalue weighted by molar-refractivity contribution is 0.536. The Morgan fingerprint density at radius 2 is 2.23 bits per heavy atom. The van der Waals surface area contributed by atoms with Crippen LogP contribution in [0.3, 0.4) is 0 Å². The first-order valence-corrected chi connectivity index (χ1v) is 5.46. The number of halogens is 2. The Morgan fingerprint density at radius 1 is 1.38 bits per heavy atom. The summed E-state index contributed by atoms with van der Waals surface area (Å²) < 4.78 is 11.0. The third-order valence-electron chi connectivity index (χ3n) is 1.63. The quantitative estimate of drug-likeness (QED) is 0.796. The number of aromatic nitrogens is 1. The fourth-order valence-corrected chi connectivity index (χ4v) is 1.86. The average Bonchev–Trinajstić information content (AvgIpc) is 2.71. The van der Waals surface area contributed by atoms with E-state index in [1.165, 1.54) is 6.39 Å². The van der Waals surface area contributed by atoms with Crippen molar-refractivity contribution in [2.24, 2.45) is 0 Å². The van der Waals surface area contributed by atoms with Crippen molar-refractivity contribution >= 4 is 31.9 Å². The molecule has 0 atom stereocenters. The minimum atomic E-state index is 0.659. The lowest BCUT2D eigenvalue weighted by Gasteiger charge is -1.93. The van der Waals surface area contributed by atoms with Gasteiger partial charge in [-0.15, -0.1) is 0 Å². The standard InChI is InChI=1S/C8H5Br2NO2/c9-3-6-7(13-4-11-6)5-1-2-12-8(5)10/h1-2,4H,3H2. The van der Waals surface area contributed by atoms with Crippen LogP contribution >= 0.6 is 31.9 Å². The molecule has 0 aliphatic rings. The van der Waals surface area contributed by atoms with Gasteiger partial charge in [-0.2, -0.15) is 0 Å². The maximum absolute atomic E-state index is 5.25. The van der Waals surface area contributed by atoms with Crippen LogP contribution in [-0.2, 0) is 5.33 Å². The number of nitrogens with zero attached hydrogens (tertiary/aromatic N) is 1. The Labute approximate surface area is 91.4 Å². The van der Waals surface area contributed by atoms with Crippen molar-refractivity contribution in [1.82, 2.24) is 4.98 Å². The highest BCUT2D eigenvalue weighted by Crippen LogP contribution is 2.31. The second kappa shape index (κ2) is 3.67. The second-order valence-electron chi connectivity index (χ2n) is 2.37. The van der Waals surface area contributed by atoms with Gasteiger partial charge in [0.05, 0.1) is 17.5 Å². The Kier molecular flexibility index (Phi) is 2.55. The van der Waals surface area contributed by atoms with Crippen LogP contribution < -0.4 is 0 Å². The summed E-state index contributed by atoms with van der Waals surface area (Å²) in [5.41, 5.74) is 1.74. The van der Waals surface area contributed by atoms with Gasteiger partial charge in [-0.1, -0.05) is 15.9 Å². The van der Waals surface area contributed by atoms with E-state index in [1.807, 2.05) is 6.07 Å². The molecule has 0 fully saturated rings. The van der Waals surface area contributed by atoms with E-state index in [9.17, 15) is 0 Å². The molecule has 0 spiro atoms. The van der Waals surface area contributed by atoms with Crippen LogP contribution in [0.4, 0.5) is 0 Å². The van der Waals surface area contributed by atoms with Crippen LogP contribution in [0.5, 0.6) is 0 Å². The summed E-state index contributed by atoms with van der Waals surface area (Å²) in [4.78, 5) is 4.06. The third-order valence-corrected chi connectivity index (χ3v) is 2.78. The van der Waals surface area contributed by atoms with Crippen LogP contribution in [0.2, 0.25) is 0 Å². The third kappa shape index (κ3) is 1.58. The zero-order chi connectivity index (χ0) is 9.26. The van der Waals surface area contributed by atoms with Gasteiger partial charge in [-0.25, -0.2) is 4.98 Å². The zero-order valence-electron chi connectivity index (χ0n) is 6.46. The Bertz CT molecular complexity index is 408. The molecule has 0 aliphatic carbocycles. The Balaban J connectivity index is 2.52. The molecule has 0 radical (unpaired) electrons. The van der Waals surface area contributed by atoms with Crippen molar-refractivity contribution < 1.29 is 8.83 Å². The van der Waals surface area contributed by atoms with Crippen LogP contribution in [0.1, 0.15) is 5.69 Å². The monoisotopic (exact) mass is 305 g/mol. The summed E-state index contributed by atoms with van der Waals surface area (Å²) in [5, 5.41) is 0.663. The van der Waals surface area contributed by atoms with Gasteiger partial charge in [0.25, 0.3) is 0 Å². The van der Waals surface area contributed by atoms with Gasteiger partial charge in [0, 0.05) is 5.33 Å². The molecule has 3 nitrogen and oxygen atoms in total. The summed E-state index contributed by atoms with van der Waals surface area (Å²) in [6.45, 7) is 0. The summed E-state index contributed by atoms with van der Waals surface area (Å²) in [5.74, 6) is 0.734. The number of rotatable bonds is 2. The molecule has 0 saturated heterocycles. The fourth-order valence-electron chi connectivity index (χ4n) is 1.04. The van der Waals surface area contributed by atoms with E-state index in [0.29, 0.717) is 10.00 Å². The van der Waals surface area contributed by atoms with Crippen molar-refractivity contribution in [2.75, 3.05) is 0 Å². The molecule has 0 N–H and O–H groups in total. The highest BCUT2D eigenvalue weighted by molar-refractivity contribution is 9.10. The van der Waals surface area contributed by atoms with E-state index in [0.717, 1.165) is 17.0 Å². The first-order chi connectivity index (χ1) is 6.33. The van der Waals surface area contributed by atoms with Crippen molar-refractivity contribution in [3.8, 4) is 11.3 Å². The number of oxazole rings is 1. The predicted octanol–water partition coefficient (Wildman–Crippen LogP) is 3.59. The SMILES string of the molecule is BrCc1ncoc1-c1ccoc1Br. The maximum atomic E-state index is 5.25. The van der Waals surface area contributed by atoms with Crippen molar-refractivity contribution in [1.29, 1.82) is 0 Å². The van der Waals surface area contributed by atoms with Gasteiger partial charge in [0.1, 0.15) is 0 Å². The Hall–Kier alpha value is -0.550. The molecule has 13 heavy (non-hydrogen) atoms. The first-order valence-electron chi connectivity index (χ1n) is 3.54. The van der Waals surface area contributed by atoms with Crippen molar-refractivity contribution in [2.45, 2.75) is 5.33 Å². The van der Waals surface area contributed by atoms with E-state index >= 15 is 0 Å². The molecular formula is C8H5Br2NO2. The van der Waals surface area contributed by atoms with Crippen LogP contribution in [-0.4, -0.2) is 4.98 Å². The minimum absolute atomic E-state index is 0.659. The normalized spacial score (nSPS) is 10.6. The number of hydrogen-bond acceptors (Lipinski definition) is 3.